The van der Waals surface area contributed by atoms with Crippen LogP contribution in [0, 0.1) is 0 Å². The van der Waals surface area contributed by atoms with Crippen LogP contribution in [0.3, 0.4) is 0 Å². The van der Waals surface area contributed by atoms with Gasteiger partial charge in [-0.05, 0) is 24.3 Å². The molecule has 2 aromatic rings. The van der Waals surface area contributed by atoms with Crippen LogP contribution >= 0.6 is 11.3 Å². The van der Waals surface area contributed by atoms with Gasteiger partial charge in [0, 0.05) is 24.6 Å². The zero-order chi connectivity index (χ0) is 14.7. The van der Waals surface area contributed by atoms with Crippen LogP contribution in [0.5, 0.6) is 0 Å². The lowest BCUT2D eigenvalue weighted by atomic mass is 10.2. The molecule has 21 heavy (non-hydrogen) atoms. The summed E-state index contributed by atoms with van der Waals surface area (Å²) in [5.41, 5.74) is 0. The largest absolute Gasteiger partial charge is 0.377 e. The molecular weight excluding hydrogens is 310 g/mol. The number of hydrogen-bond acceptors (Lipinski definition) is 5. The first-order chi connectivity index (χ1) is 10.2. The van der Waals surface area contributed by atoms with Crippen LogP contribution in [0.2, 0.25) is 0 Å². The van der Waals surface area contributed by atoms with Gasteiger partial charge in [0.2, 0.25) is 0 Å². The van der Waals surface area contributed by atoms with Crippen molar-refractivity contribution in [2.24, 2.45) is 0 Å². The molecule has 3 heterocycles. The minimum Gasteiger partial charge on any atom is -0.377 e. The van der Waals surface area contributed by atoms with Crippen molar-refractivity contribution in [3.05, 3.63) is 34.9 Å². The van der Waals surface area contributed by atoms with Gasteiger partial charge in [0.05, 0.1) is 18.6 Å². The maximum absolute atomic E-state index is 12.7. The lowest BCUT2D eigenvalue weighted by Crippen LogP contribution is -2.36. The Morgan fingerprint density at radius 2 is 2.43 bits per heavy atom. The number of sulfonamides is 1. The highest BCUT2D eigenvalue weighted by molar-refractivity contribution is 7.89. The number of aromatic nitrogens is 2. The normalized spacial score (nSPS) is 19.4. The first-order valence-electron chi connectivity index (χ1n) is 6.79. The molecule has 0 amide bonds. The summed E-state index contributed by atoms with van der Waals surface area (Å²) < 4.78 is 32.5. The molecule has 1 atom stereocenters. The maximum Gasteiger partial charge on any atom is 0.260 e. The van der Waals surface area contributed by atoms with Crippen molar-refractivity contribution in [3.8, 4) is 0 Å². The van der Waals surface area contributed by atoms with E-state index in [9.17, 15) is 8.42 Å². The number of ether oxygens (including phenoxy) is 1. The Bertz CT molecular complexity index is 647. The standard InChI is InChI=1S/C13H17N3O3S2/c17-21(18,13-7-14-10-15-13)16(8-11-3-1-5-19-11)9-12-4-2-6-20-12/h2,4,6-7,10-11H,1,3,5,8-9H2,(H,14,15). The minimum atomic E-state index is -3.58. The average Bonchev–Trinajstić information content (AvgIpc) is 3.22. The highest BCUT2D eigenvalue weighted by atomic mass is 32.2. The highest BCUT2D eigenvalue weighted by Crippen LogP contribution is 2.22. The van der Waals surface area contributed by atoms with E-state index in [4.69, 9.17) is 4.74 Å². The summed E-state index contributed by atoms with van der Waals surface area (Å²) in [4.78, 5) is 7.50. The SMILES string of the molecule is O=S(=O)(c1cnc[nH]1)N(Cc1cccs1)CC1CCCO1. The smallest absolute Gasteiger partial charge is 0.260 e. The van der Waals surface area contributed by atoms with Gasteiger partial charge in [0.25, 0.3) is 10.0 Å². The third-order valence-corrected chi connectivity index (χ3v) is 6.03. The summed E-state index contributed by atoms with van der Waals surface area (Å²) in [6, 6.07) is 3.86. The molecule has 6 nitrogen and oxygen atoms in total. The molecule has 114 valence electrons. The number of aromatic amines is 1. The first kappa shape index (κ1) is 14.7. The predicted octanol–water partition coefficient (Wildman–Crippen LogP) is 1.84. The molecule has 0 saturated carbocycles. The first-order valence-corrected chi connectivity index (χ1v) is 9.11. The lowest BCUT2D eigenvalue weighted by Gasteiger charge is -2.23. The number of rotatable bonds is 6. The van der Waals surface area contributed by atoms with E-state index in [1.165, 1.54) is 16.8 Å². The van der Waals surface area contributed by atoms with E-state index in [0.29, 0.717) is 19.7 Å². The maximum atomic E-state index is 12.7. The van der Waals surface area contributed by atoms with Gasteiger partial charge in [-0.15, -0.1) is 11.3 Å². The minimum absolute atomic E-state index is 0.0253. The van der Waals surface area contributed by atoms with Crippen LogP contribution in [-0.4, -0.2) is 41.9 Å². The molecule has 1 fully saturated rings. The Balaban J connectivity index is 1.83. The fraction of sp³-hybridized carbons (Fsp3) is 0.462. The Morgan fingerprint density at radius 3 is 3.05 bits per heavy atom. The van der Waals surface area contributed by atoms with Gasteiger partial charge >= 0.3 is 0 Å². The van der Waals surface area contributed by atoms with Gasteiger partial charge in [0.15, 0.2) is 5.03 Å². The molecule has 0 radical (unpaired) electrons. The van der Waals surface area contributed by atoms with Crippen LogP contribution in [0.15, 0.2) is 35.1 Å². The molecule has 2 aromatic heterocycles. The Kier molecular flexibility index (Phi) is 4.39. The summed E-state index contributed by atoms with van der Waals surface area (Å²) in [6.07, 6.45) is 4.58. The van der Waals surface area contributed by atoms with E-state index in [1.54, 1.807) is 11.3 Å². The number of nitrogens with one attached hydrogen (secondary N) is 1. The molecular formula is C13H17N3O3S2. The lowest BCUT2D eigenvalue weighted by molar-refractivity contribution is 0.0927. The molecule has 1 aliphatic heterocycles. The van der Waals surface area contributed by atoms with E-state index in [1.807, 2.05) is 17.5 Å². The molecule has 1 unspecified atom stereocenters. The monoisotopic (exact) mass is 327 g/mol. The van der Waals surface area contributed by atoms with Crippen molar-refractivity contribution in [1.82, 2.24) is 14.3 Å². The number of nitrogens with zero attached hydrogens (tertiary/aromatic N) is 2. The summed E-state index contributed by atoms with van der Waals surface area (Å²) >= 11 is 1.55. The van der Waals surface area contributed by atoms with Crippen molar-refractivity contribution >= 4 is 21.4 Å². The molecule has 1 aliphatic rings. The Labute approximate surface area is 127 Å². The number of imidazole rings is 1. The fourth-order valence-corrected chi connectivity index (χ4v) is 4.51. The summed E-state index contributed by atoms with van der Waals surface area (Å²) in [7, 11) is -3.58. The van der Waals surface area contributed by atoms with Crippen LogP contribution in [0.1, 0.15) is 17.7 Å². The van der Waals surface area contributed by atoms with Gasteiger partial charge < -0.3 is 9.72 Å². The topological polar surface area (TPSA) is 75.3 Å². The van der Waals surface area contributed by atoms with Crippen molar-refractivity contribution in [1.29, 1.82) is 0 Å². The highest BCUT2D eigenvalue weighted by Gasteiger charge is 2.30. The zero-order valence-electron chi connectivity index (χ0n) is 11.4. The van der Waals surface area contributed by atoms with Gasteiger partial charge in [-0.1, -0.05) is 6.07 Å². The average molecular weight is 327 g/mol. The van der Waals surface area contributed by atoms with Crippen molar-refractivity contribution < 1.29 is 13.2 Å². The Hall–Kier alpha value is -1.22. The van der Waals surface area contributed by atoms with Gasteiger partial charge in [-0.3, -0.25) is 0 Å². The van der Waals surface area contributed by atoms with E-state index < -0.39 is 10.0 Å². The van der Waals surface area contributed by atoms with Crippen molar-refractivity contribution in [2.75, 3.05) is 13.2 Å². The molecule has 1 saturated heterocycles. The second-order valence-electron chi connectivity index (χ2n) is 4.93. The molecule has 0 spiro atoms. The van der Waals surface area contributed by atoms with Gasteiger partial charge in [0.1, 0.15) is 0 Å². The van der Waals surface area contributed by atoms with Crippen LogP contribution in [-0.2, 0) is 21.3 Å². The molecule has 0 aliphatic carbocycles. The summed E-state index contributed by atoms with van der Waals surface area (Å²) in [5, 5.41) is 2.07. The van der Waals surface area contributed by atoms with Gasteiger partial charge in [-0.25, -0.2) is 13.4 Å². The Morgan fingerprint density at radius 1 is 1.52 bits per heavy atom. The number of hydrogen-bond donors (Lipinski definition) is 1. The van der Waals surface area contributed by atoms with Crippen LogP contribution < -0.4 is 0 Å². The summed E-state index contributed by atoms with van der Waals surface area (Å²) in [5.74, 6) is 0. The molecule has 8 heteroatoms. The van der Waals surface area contributed by atoms with E-state index in [0.717, 1.165) is 17.7 Å². The fourth-order valence-electron chi connectivity index (χ4n) is 2.36. The van der Waals surface area contributed by atoms with E-state index >= 15 is 0 Å². The number of thiophene rings is 1. The quantitative estimate of drug-likeness (QED) is 0.878. The summed E-state index contributed by atoms with van der Waals surface area (Å²) in [6.45, 7) is 1.44. The van der Waals surface area contributed by atoms with Crippen LogP contribution in [0.4, 0.5) is 0 Å². The van der Waals surface area contributed by atoms with Crippen molar-refractivity contribution in [2.45, 2.75) is 30.5 Å². The molecule has 0 bridgehead atoms. The molecule has 1 N–H and O–H groups in total. The van der Waals surface area contributed by atoms with Crippen LogP contribution in [0.25, 0.3) is 0 Å². The second-order valence-corrected chi connectivity index (χ2v) is 7.87. The zero-order valence-corrected chi connectivity index (χ0v) is 13.1. The van der Waals surface area contributed by atoms with Gasteiger partial charge in [-0.2, -0.15) is 4.31 Å². The van der Waals surface area contributed by atoms with Crippen molar-refractivity contribution in [3.63, 3.8) is 0 Å². The predicted molar refractivity (Wildman–Crippen MR) is 79.5 cm³/mol. The third-order valence-electron chi connectivity index (χ3n) is 3.43. The molecule has 0 aromatic carbocycles. The molecule has 3 rings (SSSR count). The van der Waals surface area contributed by atoms with E-state index in [2.05, 4.69) is 9.97 Å². The number of H-pyrrole nitrogens is 1. The third kappa shape index (κ3) is 3.34. The van der Waals surface area contributed by atoms with E-state index in [-0.39, 0.29) is 11.1 Å². The second kappa shape index (κ2) is 6.27.